The summed E-state index contributed by atoms with van der Waals surface area (Å²) >= 11 is 0. The lowest BCUT2D eigenvalue weighted by Gasteiger charge is -2.39. The molecule has 2 aliphatic rings. The third kappa shape index (κ3) is 4.00. The number of likely N-dealkylation sites (tertiary alicyclic amines) is 1. The molecule has 1 aliphatic heterocycles. The van der Waals surface area contributed by atoms with E-state index in [4.69, 9.17) is 0 Å². The van der Waals surface area contributed by atoms with Gasteiger partial charge >= 0.3 is 0 Å². The van der Waals surface area contributed by atoms with Crippen molar-refractivity contribution in [3.63, 3.8) is 0 Å². The summed E-state index contributed by atoms with van der Waals surface area (Å²) in [5, 5.41) is 11.2. The van der Waals surface area contributed by atoms with Crippen LogP contribution in [0, 0.1) is 28.6 Å². The zero-order chi connectivity index (χ0) is 19.0. The normalized spacial score (nSPS) is 29.9. The molecule has 0 aromatic heterocycles. The van der Waals surface area contributed by atoms with Crippen molar-refractivity contribution in [2.45, 2.75) is 71.9 Å². The maximum absolute atomic E-state index is 11.2. The highest BCUT2D eigenvalue weighted by atomic mass is 16.3. The molecule has 3 atom stereocenters. The van der Waals surface area contributed by atoms with Gasteiger partial charge in [-0.05, 0) is 41.6 Å². The van der Waals surface area contributed by atoms with E-state index in [2.05, 4.69) is 51.4 Å². The van der Waals surface area contributed by atoms with Gasteiger partial charge in [0.25, 0.3) is 0 Å². The summed E-state index contributed by atoms with van der Waals surface area (Å²) in [5.41, 5.74) is 1.00. The molecule has 0 radical (unpaired) electrons. The van der Waals surface area contributed by atoms with E-state index in [0.717, 1.165) is 12.1 Å². The molecule has 2 fully saturated rings. The summed E-state index contributed by atoms with van der Waals surface area (Å²) < 4.78 is 0. The van der Waals surface area contributed by atoms with E-state index in [1.165, 1.54) is 25.8 Å². The van der Waals surface area contributed by atoms with E-state index >= 15 is 0 Å². The molecule has 0 spiro atoms. The quantitative estimate of drug-likeness (QED) is 0.784. The fourth-order valence-electron chi connectivity index (χ4n) is 5.48. The molecule has 1 saturated carbocycles. The van der Waals surface area contributed by atoms with Gasteiger partial charge in [0, 0.05) is 19.0 Å². The fraction of sp³-hybridized carbons (Fsp3) is 0.667. The largest absolute Gasteiger partial charge is 0.384 e. The minimum atomic E-state index is -0.872. The Labute approximate surface area is 160 Å². The average molecular weight is 354 g/mol. The molecule has 0 amide bonds. The summed E-state index contributed by atoms with van der Waals surface area (Å²) in [6, 6.07) is 10.7. The van der Waals surface area contributed by atoms with Gasteiger partial charge in [-0.1, -0.05) is 76.8 Å². The maximum atomic E-state index is 11.2. The second-order valence-electron chi connectivity index (χ2n) is 10.1. The highest BCUT2D eigenvalue weighted by molar-refractivity contribution is 5.25. The number of nitrogens with zero attached hydrogens (tertiary/aromatic N) is 1. The first-order chi connectivity index (χ1) is 12.1. The van der Waals surface area contributed by atoms with Gasteiger partial charge in [0.2, 0.25) is 0 Å². The van der Waals surface area contributed by atoms with E-state index < -0.39 is 5.60 Å². The third-order valence-corrected chi connectivity index (χ3v) is 6.52. The van der Waals surface area contributed by atoms with E-state index in [1.54, 1.807) is 0 Å². The molecule has 26 heavy (non-hydrogen) atoms. The molecule has 1 saturated heterocycles. The Morgan fingerprint density at radius 2 is 1.85 bits per heavy atom. The first kappa shape index (κ1) is 19.5. The first-order valence-corrected chi connectivity index (χ1v) is 10.1. The topological polar surface area (TPSA) is 23.5 Å². The Balaban J connectivity index is 1.65. The van der Waals surface area contributed by atoms with Crippen LogP contribution >= 0.6 is 0 Å². The summed E-state index contributed by atoms with van der Waals surface area (Å²) in [6.07, 6.45) is 4.42. The van der Waals surface area contributed by atoms with E-state index in [-0.39, 0.29) is 5.92 Å². The van der Waals surface area contributed by atoms with E-state index in [1.807, 2.05) is 30.3 Å². The molecule has 1 aromatic rings. The minimum absolute atomic E-state index is 0.130. The number of aliphatic hydroxyl groups is 1. The highest BCUT2D eigenvalue weighted by Crippen LogP contribution is 2.52. The zero-order valence-corrected chi connectivity index (χ0v) is 17.2. The molecule has 2 bridgehead atoms. The summed E-state index contributed by atoms with van der Waals surface area (Å²) in [5.74, 6) is 6.81. The van der Waals surface area contributed by atoms with Crippen LogP contribution in [0.25, 0.3) is 0 Å². The van der Waals surface area contributed by atoms with Crippen LogP contribution in [0.2, 0.25) is 0 Å². The number of benzene rings is 1. The van der Waals surface area contributed by atoms with Crippen LogP contribution in [0.5, 0.6) is 0 Å². The predicted octanol–water partition coefficient (Wildman–Crippen LogP) is 4.82. The molecule has 2 heteroatoms. The molecular weight excluding hydrogens is 318 g/mol. The summed E-state index contributed by atoms with van der Waals surface area (Å²) in [6.45, 7) is 13.4. The number of rotatable bonds is 4. The number of hydrogen-bond acceptors (Lipinski definition) is 2. The van der Waals surface area contributed by atoms with Gasteiger partial charge in [-0.3, -0.25) is 4.90 Å². The summed E-state index contributed by atoms with van der Waals surface area (Å²) in [7, 11) is 0. The van der Waals surface area contributed by atoms with Crippen LogP contribution < -0.4 is 0 Å². The van der Waals surface area contributed by atoms with Crippen LogP contribution in [-0.2, 0) is 5.60 Å². The average Bonchev–Trinajstić information content (AvgIpc) is 2.80. The van der Waals surface area contributed by atoms with Gasteiger partial charge in [0.05, 0.1) is 6.54 Å². The number of fused-ring (bicyclic) bond motifs is 2. The molecule has 1 N–H and O–H groups in total. The highest BCUT2D eigenvalue weighted by Gasteiger charge is 2.49. The lowest BCUT2D eigenvalue weighted by atomic mass is 9.65. The monoisotopic (exact) mass is 353 g/mol. The number of hydrogen-bond donors (Lipinski definition) is 1. The van der Waals surface area contributed by atoms with Crippen LogP contribution in [0.15, 0.2) is 30.3 Å². The Hall–Kier alpha value is -1.30. The molecule has 1 heterocycles. The maximum Gasteiger partial charge on any atom is 0.103 e. The van der Waals surface area contributed by atoms with Crippen molar-refractivity contribution in [1.82, 2.24) is 4.90 Å². The second kappa shape index (κ2) is 7.02. The van der Waals surface area contributed by atoms with Gasteiger partial charge in [-0.25, -0.2) is 0 Å². The molecule has 1 aromatic carbocycles. The van der Waals surface area contributed by atoms with Gasteiger partial charge < -0.3 is 5.11 Å². The van der Waals surface area contributed by atoms with Crippen LogP contribution in [0.1, 0.15) is 65.9 Å². The van der Waals surface area contributed by atoms with Crippen LogP contribution in [-0.4, -0.2) is 29.1 Å². The van der Waals surface area contributed by atoms with Crippen molar-refractivity contribution in [3.05, 3.63) is 35.9 Å². The SMILES string of the molecule is CC(C)C(O)(CC#CCN1C[C@]2(C)C[C@@H]1CC(C)(C)C2)c1ccccc1. The Morgan fingerprint density at radius 1 is 1.15 bits per heavy atom. The second-order valence-corrected chi connectivity index (χ2v) is 10.1. The first-order valence-electron chi connectivity index (χ1n) is 10.1. The van der Waals surface area contributed by atoms with Crippen molar-refractivity contribution >= 4 is 0 Å². The van der Waals surface area contributed by atoms with Crippen molar-refractivity contribution in [1.29, 1.82) is 0 Å². The van der Waals surface area contributed by atoms with Gasteiger partial charge in [0.1, 0.15) is 5.60 Å². The van der Waals surface area contributed by atoms with E-state index in [0.29, 0.717) is 23.3 Å². The molecule has 3 rings (SSSR count). The van der Waals surface area contributed by atoms with E-state index in [9.17, 15) is 5.11 Å². The smallest absolute Gasteiger partial charge is 0.103 e. The van der Waals surface area contributed by atoms with Crippen LogP contribution in [0.4, 0.5) is 0 Å². The predicted molar refractivity (Wildman–Crippen MR) is 109 cm³/mol. The van der Waals surface area contributed by atoms with Crippen molar-refractivity contribution in [3.8, 4) is 11.8 Å². The molecule has 1 aliphatic carbocycles. The molecule has 1 unspecified atom stereocenters. The Kier molecular flexibility index (Phi) is 5.26. The Morgan fingerprint density at radius 3 is 2.50 bits per heavy atom. The standard InChI is InChI=1S/C24H35NO/c1-19(2)24(26,20-11-7-6-8-12-20)13-9-10-14-25-18-23(5)16-21(25)15-22(3,4)17-23/h6-8,11-12,19,21,26H,13-18H2,1-5H3/t21-,23+,24?/m0/s1. The molecule has 2 nitrogen and oxygen atoms in total. The lowest BCUT2D eigenvalue weighted by Crippen LogP contribution is -2.35. The van der Waals surface area contributed by atoms with Crippen molar-refractivity contribution in [2.24, 2.45) is 16.7 Å². The third-order valence-electron chi connectivity index (χ3n) is 6.52. The molecular formula is C24H35NO. The van der Waals surface area contributed by atoms with Crippen molar-refractivity contribution < 1.29 is 5.11 Å². The van der Waals surface area contributed by atoms with Gasteiger partial charge in [0.15, 0.2) is 0 Å². The lowest BCUT2D eigenvalue weighted by molar-refractivity contribution is -0.00533. The fourth-order valence-corrected chi connectivity index (χ4v) is 5.48. The minimum Gasteiger partial charge on any atom is -0.384 e. The molecule has 142 valence electrons. The van der Waals surface area contributed by atoms with Crippen LogP contribution in [0.3, 0.4) is 0 Å². The summed E-state index contributed by atoms with van der Waals surface area (Å²) in [4.78, 5) is 2.58. The Bertz CT molecular complexity index is 683. The zero-order valence-electron chi connectivity index (χ0n) is 17.2. The van der Waals surface area contributed by atoms with Gasteiger partial charge in [-0.2, -0.15) is 0 Å². The van der Waals surface area contributed by atoms with Gasteiger partial charge in [-0.15, -0.1) is 0 Å². The van der Waals surface area contributed by atoms with Crippen molar-refractivity contribution in [2.75, 3.05) is 13.1 Å².